The van der Waals surface area contributed by atoms with Crippen LogP contribution in [0.5, 0.6) is 0 Å². The van der Waals surface area contributed by atoms with Gasteiger partial charge < -0.3 is 0 Å². The molecule has 0 spiro atoms. The van der Waals surface area contributed by atoms with E-state index in [0.717, 1.165) is 11.3 Å². The van der Waals surface area contributed by atoms with Gasteiger partial charge in [0.2, 0.25) is 0 Å². The Kier molecular flexibility index (Phi) is 3.41. The summed E-state index contributed by atoms with van der Waals surface area (Å²) >= 11 is -2.28. The number of hydrogen-bond donors (Lipinski definition) is 1. The van der Waals surface area contributed by atoms with Gasteiger partial charge in [-0.05, 0) is 24.6 Å². The van der Waals surface area contributed by atoms with Gasteiger partial charge in [-0.1, -0.05) is 12.1 Å². The summed E-state index contributed by atoms with van der Waals surface area (Å²) in [6.45, 7) is 1.94. The molecule has 0 aliphatic carbocycles. The Balaban J connectivity index is 2.76. The SMILES string of the molecule is Cc1cccc(N(C)OS(=O)O)c1. The standard InChI is InChI=1S/C8H11NO3S/c1-7-4-3-5-8(6-7)9(2)12-13(10)11/h3-6H,1-2H3,(H,10,11). The largest absolute Gasteiger partial charge is 0.325 e. The minimum atomic E-state index is -2.28. The van der Waals surface area contributed by atoms with Crippen molar-refractivity contribution in [2.24, 2.45) is 0 Å². The van der Waals surface area contributed by atoms with Crippen molar-refractivity contribution in [3.05, 3.63) is 29.8 Å². The van der Waals surface area contributed by atoms with Crippen LogP contribution in [0.25, 0.3) is 0 Å². The van der Waals surface area contributed by atoms with Crippen LogP contribution in [0.2, 0.25) is 0 Å². The van der Waals surface area contributed by atoms with Crippen molar-refractivity contribution in [3.8, 4) is 0 Å². The van der Waals surface area contributed by atoms with E-state index < -0.39 is 11.4 Å². The Morgan fingerprint density at radius 2 is 2.23 bits per heavy atom. The maximum Gasteiger partial charge on any atom is 0.325 e. The molecule has 0 aliphatic heterocycles. The van der Waals surface area contributed by atoms with E-state index in [1.54, 1.807) is 13.1 Å². The smallest absolute Gasteiger partial charge is 0.282 e. The second kappa shape index (κ2) is 4.36. The molecule has 1 N–H and O–H groups in total. The lowest BCUT2D eigenvalue weighted by Crippen LogP contribution is -2.18. The summed E-state index contributed by atoms with van der Waals surface area (Å²) in [6.07, 6.45) is 0. The molecule has 1 atom stereocenters. The zero-order valence-electron chi connectivity index (χ0n) is 7.43. The van der Waals surface area contributed by atoms with E-state index >= 15 is 0 Å². The molecule has 4 nitrogen and oxygen atoms in total. The van der Waals surface area contributed by atoms with Crippen LogP contribution in [0.4, 0.5) is 5.69 Å². The lowest BCUT2D eigenvalue weighted by atomic mass is 10.2. The third-order valence-corrected chi connectivity index (χ3v) is 1.89. The lowest BCUT2D eigenvalue weighted by Gasteiger charge is -2.15. The van der Waals surface area contributed by atoms with Crippen LogP contribution in [-0.4, -0.2) is 15.8 Å². The van der Waals surface area contributed by atoms with Crippen LogP contribution in [-0.2, 0) is 15.6 Å². The van der Waals surface area contributed by atoms with Gasteiger partial charge in [-0.25, -0.2) is 5.06 Å². The highest BCUT2D eigenvalue weighted by Crippen LogP contribution is 2.14. The molecule has 0 radical (unpaired) electrons. The van der Waals surface area contributed by atoms with Gasteiger partial charge in [-0.2, -0.15) is 4.21 Å². The van der Waals surface area contributed by atoms with Crippen molar-refractivity contribution in [1.29, 1.82) is 0 Å². The molecule has 13 heavy (non-hydrogen) atoms. The van der Waals surface area contributed by atoms with Gasteiger partial charge >= 0.3 is 11.4 Å². The number of hydrogen-bond acceptors (Lipinski definition) is 3. The number of nitrogens with zero attached hydrogens (tertiary/aromatic N) is 1. The molecular formula is C8H11NO3S. The molecule has 1 aromatic rings. The summed E-state index contributed by atoms with van der Waals surface area (Å²) in [5.74, 6) is 0. The van der Waals surface area contributed by atoms with Gasteiger partial charge in [0.1, 0.15) is 0 Å². The number of rotatable bonds is 3. The molecule has 0 aliphatic rings. The molecule has 0 saturated heterocycles. The lowest BCUT2D eigenvalue weighted by molar-refractivity contribution is 0.295. The third kappa shape index (κ3) is 3.14. The van der Waals surface area contributed by atoms with Gasteiger partial charge in [0.05, 0.1) is 5.69 Å². The fourth-order valence-electron chi connectivity index (χ4n) is 0.963. The van der Waals surface area contributed by atoms with Crippen molar-refractivity contribution in [3.63, 3.8) is 0 Å². The molecule has 0 amide bonds. The first-order chi connectivity index (χ1) is 6.09. The van der Waals surface area contributed by atoms with E-state index in [1.165, 1.54) is 5.06 Å². The van der Waals surface area contributed by atoms with E-state index in [9.17, 15) is 4.21 Å². The monoisotopic (exact) mass is 201 g/mol. The van der Waals surface area contributed by atoms with Crippen molar-refractivity contribution >= 4 is 17.0 Å². The van der Waals surface area contributed by atoms with Crippen LogP contribution in [0.3, 0.4) is 0 Å². The summed E-state index contributed by atoms with van der Waals surface area (Å²) < 4.78 is 23.3. The van der Waals surface area contributed by atoms with Crippen molar-refractivity contribution in [1.82, 2.24) is 0 Å². The Morgan fingerprint density at radius 3 is 2.77 bits per heavy atom. The zero-order valence-corrected chi connectivity index (χ0v) is 8.25. The third-order valence-electron chi connectivity index (χ3n) is 1.54. The van der Waals surface area contributed by atoms with Crippen molar-refractivity contribution in [2.45, 2.75) is 6.92 Å². The first-order valence-electron chi connectivity index (χ1n) is 3.69. The maximum atomic E-state index is 10.3. The average Bonchev–Trinajstić information content (AvgIpc) is 2.03. The Labute approximate surface area is 79.6 Å². The molecular weight excluding hydrogens is 190 g/mol. The molecule has 1 aromatic carbocycles. The molecule has 72 valence electrons. The fourth-order valence-corrected chi connectivity index (χ4v) is 1.24. The highest BCUT2D eigenvalue weighted by Gasteiger charge is 2.03. The van der Waals surface area contributed by atoms with Gasteiger partial charge in [0.25, 0.3) is 0 Å². The van der Waals surface area contributed by atoms with Crippen molar-refractivity contribution in [2.75, 3.05) is 12.1 Å². The van der Waals surface area contributed by atoms with Crippen LogP contribution in [0, 0.1) is 6.92 Å². The van der Waals surface area contributed by atoms with Gasteiger partial charge in [-0.15, -0.1) is 4.28 Å². The second-order valence-corrected chi connectivity index (χ2v) is 3.21. The number of anilines is 1. The van der Waals surface area contributed by atoms with Crippen LogP contribution < -0.4 is 5.06 Å². The quantitative estimate of drug-likeness (QED) is 0.594. The Bertz CT molecular complexity index is 316. The first kappa shape index (κ1) is 10.2. The molecule has 1 unspecified atom stereocenters. The molecule has 0 bridgehead atoms. The Hall–Kier alpha value is -0.910. The summed E-state index contributed by atoms with van der Waals surface area (Å²) in [5.41, 5.74) is 1.80. The maximum absolute atomic E-state index is 10.3. The molecule has 1 rings (SSSR count). The topological polar surface area (TPSA) is 49.8 Å². The van der Waals surface area contributed by atoms with E-state index in [-0.39, 0.29) is 0 Å². The van der Waals surface area contributed by atoms with E-state index in [4.69, 9.17) is 4.55 Å². The first-order valence-corrected chi connectivity index (χ1v) is 4.72. The molecule has 0 aromatic heterocycles. The van der Waals surface area contributed by atoms with Crippen LogP contribution in [0.1, 0.15) is 5.56 Å². The summed E-state index contributed by atoms with van der Waals surface area (Å²) in [6, 6.07) is 7.44. The van der Waals surface area contributed by atoms with Crippen LogP contribution in [0.15, 0.2) is 24.3 Å². The van der Waals surface area contributed by atoms with E-state index in [2.05, 4.69) is 4.28 Å². The molecule has 0 fully saturated rings. The average molecular weight is 201 g/mol. The predicted octanol–water partition coefficient (Wildman–Crippen LogP) is 1.50. The summed E-state index contributed by atoms with van der Waals surface area (Å²) in [7, 11) is 1.57. The molecule has 5 heteroatoms. The highest BCUT2D eigenvalue weighted by molar-refractivity contribution is 7.74. The van der Waals surface area contributed by atoms with E-state index in [0.29, 0.717) is 0 Å². The van der Waals surface area contributed by atoms with Gasteiger partial charge in [0.15, 0.2) is 0 Å². The number of aryl methyl sites for hydroxylation is 1. The van der Waals surface area contributed by atoms with Gasteiger partial charge in [-0.3, -0.25) is 4.55 Å². The number of hydroxylamine groups is 1. The normalized spacial score (nSPS) is 12.5. The highest BCUT2D eigenvalue weighted by atomic mass is 32.2. The zero-order chi connectivity index (χ0) is 9.84. The minimum Gasteiger partial charge on any atom is -0.282 e. The van der Waals surface area contributed by atoms with E-state index in [1.807, 2.05) is 25.1 Å². The minimum absolute atomic E-state index is 0.738. The van der Waals surface area contributed by atoms with Crippen LogP contribution >= 0.6 is 0 Å². The van der Waals surface area contributed by atoms with Crippen molar-refractivity contribution < 1.29 is 13.0 Å². The number of benzene rings is 1. The fraction of sp³-hybridized carbons (Fsp3) is 0.250. The Morgan fingerprint density at radius 1 is 1.54 bits per heavy atom. The molecule has 0 heterocycles. The van der Waals surface area contributed by atoms with Gasteiger partial charge in [0, 0.05) is 7.05 Å². The predicted molar refractivity (Wildman–Crippen MR) is 51.4 cm³/mol. The second-order valence-electron chi connectivity index (χ2n) is 2.63. The molecule has 0 saturated carbocycles. The summed E-state index contributed by atoms with van der Waals surface area (Å²) in [4.78, 5) is 0. The summed E-state index contributed by atoms with van der Waals surface area (Å²) in [5, 5.41) is 1.25.